The van der Waals surface area contributed by atoms with Gasteiger partial charge in [-0.15, -0.1) is 0 Å². The summed E-state index contributed by atoms with van der Waals surface area (Å²) >= 11 is 0. The molecule has 0 spiro atoms. The summed E-state index contributed by atoms with van der Waals surface area (Å²) in [6.45, 7) is 0.267. The van der Waals surface area contributed by atoms with Crippen molar-refractivity contribution in [1.82, 2.24) is 15.5 Å². The first-order valence-corrected chi connectivity index (χ1v) is 10.0. The van der Waals surface area contributed by atoms with E-state index in [1.807, 2.05) is 0 Å². The number of para-hydroxylation sites is 2. The minimum Gasteiger partial charge on any atom is -0.506 e. The number of rotatable bonds is 7. The van der Waals surface area contributed by atoms with E-state index >= 15 is 0 Å². The molecule has 2 heterocycles. The summed E-state index contributed by atoms with van der Waals surface area (Å²) in [5.74, 6) is -2.84. The number of hydrogen-bond acceptors (Lipinski definition) is 6. The van der Waals surface area contributed by atoms with Crippen molar-refractivity contribution in [3.05, 3.63) is 24.3 Å². The lowest BCUT2D eigenvalue weighted by Crippen LogP contribution is -2.56. The van der Waals surface area contributed by atoms with Gasteiger partial charge in [-0.1, -0.05) is 12.1 Å². The van der Waals surface area contributed by atoms with Crippen molar-refractivity contribution in [3.63, 3.8) is 0 Å². The zero-order chi connectivity index (χ0) is 22.5. The Kier molecular flexibility index (Phi) is 6.73. The Labute approximate surface area is 178 Å². The van der Waals surface area contributed by atoms with Gasteiger partial charge >= 0.3 is 0 Å². The maximum Gasteiger partial charge on any atom is 0.247 e. The highest BCUT2D eigenvalue weighted by Crippen LogP contribution is 2.25. The fraction of sp³-hybridized carbons (Fsp3) is 0.450. The van der Waals surface area contributed by atoms with Crippen molar-refractivity contribution >= 4 is 35.2 Å². The molecule has 166 valence electrons. The number of benzene rings is 1. The average molecular weight is 431 g/mol. The first-order chi connectivity index (χ1) is 14.8. The van der Waals surface area contributed by atoms with E-state index in [2.05, 4.69) is 16.0 Å². The molecule has 0 saturated carbocycles. The molecule has 2 aliphatic rings. The first kappa shape index (κ1) is 22.1. The quantitative estimate of drug-likeness (QED) is 0.345. The van der Waals surface area contributed by atoms with E-state index < -0.39 is 48.2 Å². The molecule has 0 bridgehead atoms. The molecule has 11 nitrogen and oxygen atoms in total. The third-order valence-electron chi connectivity index (χ3n) is 5.33. The van der Waals surface area contributed by atoms with Crippen LogP contribution >= 0.6 is 0 Å². The van der Waals surface area contributed by atoms with Crippen LogP contribution in [0.1, 0.15) is 32.1 Å². The number of likely N-dealkylation sites (tertiary alicyclic amines) is 1. The number of phenols is 1. The van der Waals surface area contributed by atoms with Crippen molar-refractivity contribution in [2.75, 3.05) is 11.9 Å². The molecular formula is C20H25N5O6. The van der Waals surface area contributed by atoms with E-state index in [-0.39, 0.29) is 36.7 Å². The highest BCUT2D eigenvalue weighted by Gasteiger charge is 2.39. The molecule has 0 radical (unpaired) electrons. The van der Waals surface area contributed by atoms with E-state index in [1.54, 1.807) is 12.1 Å². The number of primary amides is 1. The topological polar surface area (TPSA) is 171 Å². The Hall–Kier alpha value is -3.63. The van der Waals surface area contributed by atoms with Crippen LogP contribution in [0.4, 0.5) is 5.69 Å². The smallest absolute Gasteiger partial charge is 0.247 e. The monoisotopic (exact) mass is 431 g/mol. The minimum absolute atomic E-state index is 0.107. The van der Waals surface area contributed by atoms with Crippen LogP contribution in [-0.4, -0.2) is 64.2 Å². The molecule has 5 amide bonds. The maximum atomic E-state index is 13.1. The Morgan fingerprint density at radius 3 is 2.58 bits per heavy atom. The van der Waals surface area contributed by atoms with Gasteiger partial charge in [0.15, 0.2) is 0 Å². The summed E-state index contributed by atoms with van der Waals surface area (Å²) in [7, 11) is 0. The Balaban J connectivity index is 1.70. The molecule has 3 atom stereocenters. The molecule has 6 N–H and O–H groups in total. The van der Waals surface area contributed by atoms with Gasteiger partial charge in [-0.05, 0) is 31.4 Å². The maximum absolute atomic E-state index is 13.1. The van der Waals surface area contributed by atoms with Crippen LogP contribution in [0.15, 0.2) is 24.3 Å². The zero-order valence-electron chi connectivity index (χ0n) is 16.8. The van der Waals surface area contributed by atoms with Crippen molar-refractivity contribution in [2.45, 2.75) is 50.2 Å². The first-order valence-electron chi connectivity index (χ1n) is 10.0. The summed E-state index contributed by atoms with van der Waals surface area (Å²) in [5.41, 5.74) is 5.47. The Morgan fingerprint density at radius 2 is 1.94 bits per heavy atom. The average Bonchev–Trinajstić information content (AvgIpc) is 3.37. The van der Waals surface area contributed by atoms with Gasteiger partial charge in [-0.25, -0.2) is 0 Å². The predicted molar refractivity (Wildman–Crippen MR) is 108 cm³/mol. The van der Waals surface area contributed by atoms with Gasteiger partial charge in [-0.2, -0.15) is 0 Å². The summed E-state index contributed by atoms with van der Waals surface area (Å²) < 4.78 is 0. The second-order valence-corrected chi connectivity index (χ2v) is 7.59. The summed E-state index contributed by atoms with van der Waals surface area (Å²) in [6.07, 6.45) is 1.00. The van der Waals surface area contributed by atoms with Crippen LogP contribution in [-0.2, 0) is 24.0 Å². The van der Waals surface area contributed by atoms with Crippen LogP contribution in [0.2, 0.25) is 0 Å². The third-order valence-corrected chi connectivity index (χ3v) is 5.33. The van der Waals surface area contributed by atoms with Crippen LogP contribution < -0.4 is 21.7 Å². The van der Waals surface area contributed by atoms with Gasteiger partial charge in [-0.3, -0.25) is 24.0 Å². The van der Waals surface area contributed by atoms with Crippen molar-refractivity contribution in [1.29, 1.82) is 0 Å². The minimum atomic E-state index is -1.25. The SMILES string of the molecule is NC(=O)CC(NC(=O)C1CCC(=O)N1)C(=O)N1CCCC1C(=O)Nc1ccccc1O. The number of nitrogens with two attached hydrogens (primary N) is 1. The van der Waals surface area contributed by atoms with E-state index in [0.717, 1.165) is 0 Å². The largest absolute Gasteiger partial charge is 0.506 e. The fourth-order valence-corrected chi connectivity index (χ4v) is 3.78. The number of phenolic OH excluding ortho intramolecular Hbond substituents is 1. The predicted octanol–water partition coefficient (Wildman–Crippen LogP) is -1.04. The molecule has 2 fully saturated rings. The Morgan fingerprint density at radius 1 is 1.19 bits per heavy atom. The lowest BCUT2D eigenvalue weighted by molar-refractivity contribution is -0.141. The molecule has 0 aliphatic carbocycles. The van der Waals surface area contributed by atoms with Crippen LogP contribution in [0.25, 0.3) is 0 Å². The van der Waals surface area contributed by atoms with Gasteiger partial charge in [0, 0.05) is 13.0 Å². The van der Waals surface area contributed by atoms with Gasteiger partial charge in [0.05, 0.1) is 12.1 Å². The van der Waals surface area contributed by atoms with E-state index in [1.165, 1.54) is 17.0 Å². The van der Waals surface area contributed by atoms with E-state index in [4.69, 9.17) is 5.73 Å². The van der Waals surface area contributed by atoms with E-state index in [9.17, 15) is 29.1 Å². The van der Waals surface area contributed by atoms with Gasteiger partial charge in [0.2, 0.25) is 29.5 Å². The number of nitrogens with zero attached hydrogens (tertiary/aromatic N) is 1. The highest BCUT2D eigenvalue weighted by molar-refractivity contribution is 6.01. The molecule has 11 heteroatoms. The third kappa shape index (κ3) is 5.30. The molecule has 2 saturated heterocycles. The summed E-state index contributed by atoms with van der Waals surface area (Å²) in [5, 5.41) is 17.4. The number of amides is 5. The van der Waals surface area contributed by atoms with Gasteiger partial charge < -0.3 is 31.7 Å². The molecular weight excluding hydrogens is 406 g/mol. The standard InChI is InChI=1S/C20H25N5O6/c21-16(27)10-13(24-18(29)12-7-8-17(28)22-12)20(31)25-9-3-5-14(25)19(30)23-11-4-1-2-6-15(11)26/h1-2,4,6,12-14,26H,3,5,7-10H2,(H2,21,27)(H,22,28)(H,23,30)(H,24,29). The summed E-state index contributed by atoms with van der Waals surface area (Å²) in [6, 6.07) is 3.35. The lowest BCUT2D eigenvalue weighted by Gasteiger charge is -2.29. The number of hydrogen-bond donors (Lipinski definition) is 5. The number of nitrogens with one attached hydrogen (secondary N) is 3. The summed E-state index contributed by atoms with van der Waals surface area (Å²) in [4.78, 5) is 62.5. The molecule has 1 aromatic carbocycles. The van der Waals surface area contributed by atoms with Gasteiger partial charge in [0.25, 0.3) is 0 Å². The molecule has 31 heavy (non-hydrogen) atoms. The lowest BCUT2D eigenvalue weighted by atomic mass is 10.1. The van der Waals surface area contributed by atoms with Crippen molar-refractivity contribution in [3.8, 4) is 5.75 Å². The highest BCUT2D eigenvalue weighted by atomic mass is 16.3. The fourth-order valence-electron chi connectivity index (χ4n) is 3.78. The molecule has 3 rings (SSSR count). The van der Waals surface area contributed by atoms with Crippen LogP contribution in [0.5, 0.6) is 5.75 Å². The normalized spacial score (nSPS) is 21.3. The second kappa shape index (κ2) is 9.45. The molecule has 3 unspecified atom stereocenters. The van der Waals surface area contributed by atoms with Crippen LogP contribution in [0.3, 0.4) is 0 Å². The van der Waals surface area contributed by atoms with Crippen molar-refractivity contribution in [2.24, 2.45) is 5.73 Å². The number of carbonyl (C=O) groups excluding carboxylic acids is 5. The number of carbonyl (C=O) groups is 5. The number of anilines is 1. The second-order valence-electron chi connectivity index (χ2n) is 7.59. The van der Waals surface area contributed by atoms with Gasteiger partial charge in [0.1, 0.15) is 23.9 Å². The number of aromatic hydroxyl groups is 1. The van der Waals surface area contributed by atoms with Crippen molar-refractivity contribution < 1.29 is 29.1 Å². The molecule has 1 aromatic rings. The zero-order valence-corrected chi connectivity index (χ0v) is 16.8. The molecule has 0 aromatic heterocycles. The van der Waals surface area contributed by atoms with Crippen LogP contribution in [0, 0.1) is 0 Å². The van der Waals surface area contributed by atoms with E-state index in [0.29, 0.717) is 12.8 Å². The molecule has 2 aliphatic heterocycles. The Bertz CT molecular complexity index is 904.